The minimum Gasteiger partial charge on any atom is -0.393 e. The third-order valence-electron chi connectivity index (χ3n) is 1.11. The number of carbonyl (C=O) groups is 2. The van der Waals surface area contributed by atoms with Gasteiger partial charge in [-0.3, -0.25) is 14.1 Å². The molecule has 0 aliphatic heterocycles. The highest BCUT2D eigenvalue weighted by Gasteiger charge is 2.10. The van der Waals surface area contributed by atoms with E-state index in [0.29, 0.717) is 0 Å². The number of aliphatic hydroxyl groups is 2. The van der Waals surface area contributed by atoms with E-state index in [4.69, 9.17) is 14.8 Å². The van der Waals surface area contributed by atoms with Crippen molar-refractivity contribution >= 4 is 22.2 Å². The van der Waals surface area contributed by atoms with Gasteiger partial charge in [-0.15, -0.1) is 6.58 Å². The maximum atomic E-state index is 10.5. The van der Waals surface area contributed by atoms with Gasteiger partial charge < -0.3 is 14.4 Å². The van der Waals surface area contributed by atoms with Crippen LogP contribution in [0.25, 0.3) is 0 Å². The molecule has 0 spiro atoms. The Balaban J connectivity index is 0. The lowest BCUT2D eigenvalue weighted by atomic mass is 10.2. The number of Topliss-reactive ketones (excluding diaryl/α,β-unsaturated/α-hetero) is 1. The van der Waals surface area contributed by atoms with Crippen LogP contribution in [0.4, 0.5) is 0 Å². The molecule has 1 atom stereocenters. The molecule has 0 rings (SSSR count). The lowest BCUT2D eigenvalue weighted by Crippen LogP contribution is -2.23. The Kier molecular flexibility index (Phi) is 9.38. The van der Waals surface area contributed by atoms with Gasteiger partial charge in [0.15, 0.2) is 5.78 Å². The fourth-order valence-electron chi connectivity index (χ4n) is 0.528. The number of carbonyl (C=O) groups excluding carboxylic acids is 2. The van der Waals surface area contributed by atoms with Gasteiger partial charge in [-0.05, 0) is 0 Å². The van der Waals surface area contributed by atoms with E-state index >= 15 is 0 Å². The Morgan fingerprint density at radius 3 is 2.12 bits per heavy atom. The number of hydrogen-bond donors (Lipinski definition) is 3. The molecule has 8 nitrogen and oxygen atoms in total. The first-order chi connectivity index (χ1) is 7.64. The highest BCUT2D eigenvalue weighted by Crippen LogP contribution is 1.90. The standard InChI is InChI=1S/C6H10O3.C2H4O5S/c1-2-3-5(8)6(9)4-7;1-2(3)7-8(4,5)6/h2,6-7,9H,1,3-4H2;1H3,(H,4,5,6). The molecule has 9 heteroatoms. The van der Waals surface area contributed by atoms with Crippen molar-refractivity contribution in [3.63, 3.8) is 0 Å². The predicted molar refractivity (Wildman–Crippen MR) is 56.2 cm³/mol. The second kappa shape index (κ2) is 8.82. The summed E-state index contributed by atoms with van der Waals surface area (Å²) < 4.78 is 30.2. The van der Waals surface area contributed by atoms with E-state index in [1.807, 2.05) is 0 Å². The van der Waals surface area contributed by atoms with Crippen molar-refractivity contribution in [1.29, 1.82) is 0 Å². The summed E-state index contributed by atoms with van der Waals surface area (Å²) in [5, 5.41) is 16.8. The van der Waals surface area contributed by atoms with Gasteiger partial charge in [0, 0.05) is 13.3 Å². The molecule has 0 aromatic heterocycles. The highest BCUT2D eigenvalue weighted by molar-refractivity contribution is 7.81. The van der Waals surface area contributed by atoms with Crippen molar-refractivity contribution in [3.05, 3.63) is 12.7 Å². The van der Waals surface area contributed by atoms with Crippen LogP contribution in [0.1, 0.15) is 13.3 Å². The van der Waals surface area contributed by atoms with Crippen molar-refractivity contribution in [2.24, 2.45) is 0 Å². The molecular weight excluding hydrogens is 256 g/mol. The largest absolute Gasteiger partial charge is 0.448 e. The fraction of sp³-hybridized carbons (Fsp3) is 0.500. The van der Waals surface area contributed by atoms with E-state index in [-0.39, 0.29) is 6.42 Å². The zero-order valence-electron chi connectivity index (χ0n) is 9.07. The van der Waals surface area contributed by atoms with E-state index < -0.39 is 34.9 Å². The summed E-state index contributed by atoms with van der Waals surface area (Å²) in [5.74, 6) is -1.46. The molecule has 0 amide bonds. The van der Waals surface area contributed by atoms with Crippen LogP contribution in [0.5, 0.6) is 0 Å². The maximum Gasteiger partial charge on any atom is 0.448 e. The van der Waals surface area contributed by atoms with Crippen LogP contribution in [0.3, 0.4) is 0 Å². The SMILES string of the molecule is C=CCC(=O)C(O)CO.CC(=O)OS(=O)(=O)O. The second-order valence-electron chi connectivity index (χ2n) is 2.66. The number of aliphatic hydroxyl groups excluding tert-OH is 2. The Morgan fingerprint density at radius 2 is 1.94 bits per heavy atom. The maximum absolute atomic E-state index is 10.5. The minimum atomic E-state index is -4.57. The zero-order valence-corrected chi connectivity index (χ0v) is 9.88. The molecule has 0 aliphatic carbocycles. The molecule has 0 aromatic carbocycles. The number of ketones is 1. The molecule has 100 valence electrons. The van der Waals surface area contributed by atoms with E-state index in [1.54, 1.807) is 0 Å². The Morgan fingerprint density at radius 1 is 1.47 bits per heavy atom. The average molecular weight is 270 g/mol. The van der Waals surface area contributed by atoms with Gasteiger partial charge in [0.25, 0.3) is 0 Å². The van der Waals surface area contributed by atoms with E-state index in [1.165, 1.54) is 6.08 Å². The van der Waals surface area contributed by atoms with Crippen molar-refractivity contribution < 1.29 is 37.0 Å². The van der Waals surface area contributed by atoms with E-state index in [0.717, 1.165) is 6.92 Å². The highest BCUT2D eigenvalue weighted by atomic mass is 32.3. The van der Waals surface area contributed by atoms with Crippen LogP contribution < -0.4 is 0 Å². The van der Waals surface area contributed by atoms with Gasteiger partial charge in [-0.25, -0.2) is 0 Å². The monoisotopic (exact) mass is 270 g/mol. The van der Waals surface area contributed by atoms with E-state index in [2.05, 4.69) is 10.8 Å². The summed E-state index contributed by atoms with van der Waals surface area (Å²) >= 11 is 0. The van der Waals surface area contributed by atoms with Crippen molar-refractivity contribution in [2.45, 2.75) is 19.4 Å². The molecule has 0 bridgehead atoms. The van der Waals surface area contributed by atoms with Crippen LogP contribution in [0.2, 0.25) is 0 Å². The number of hydrogen-bond acceptors (Lipinski definition) is 7. The van der Waals surface area contributed by atoms with Gasteiger partial charge in [0.1, 0.15) is 6.10 Å². The number of allylic oxidation sites excluding steroid dienone is 1. The quantitative estimate of drug-likeness (QED) is 0.420. The molecule has 0 aromatic rings. The molecule has 0 fully saturated rings. The molecule has 3 N–H and O–H groups in total. The topological polar surface area (TPSA) is 138 Å². The molecule has 0 saturated carbocycles. The molecule has 0 aliphatic rings. The molecule has 1 unspecified atom stereocenters. The smallest absolute Gasteiger partial charge is 0.393 e. The van der Waals surface area contributed by atoms with Crippen LogP contribution in [0.15, 0.2) is 12.7 Å². The van der Waals surface area contributed by atoms with Gasteiger partial charge in [0.05, 0.1) is 6.61 Å². The minimum absolute atomic E-state index is 0.113. The summed E-state index contributed by atoms with van der Waals surface area (Å²) in [6, 6.07) is 0. The van der Waals surface area contributed by atoms with Crippen LogP contribution in [-0.2, 0) is 24.2 Å². The fourth-order valence-corrected chi connectivity index (χ4v) is 0.825. The number of rotatable bonds is 5. The van der Waals surface area contributed by atoms with Crippen molar-refractivity contribution in [3.8, 4) is 0 Å². The molecule has 0 saturated heterocycles. The normalized spacial score (nSPS) is 11.8. The Bertz CT molecular complexity index is 358. The predicted octanol–water partition coefficient (Wildman–Crippen LogP) is -1.16. The third kappa shape index (κ3) is 14.7. The zero-order chi connectivity index (χ0) is 14.1. The first kappa shape index (κ1) is 18.1. The van der Waals surface area contributed by atoms with Crippen LogP contribution >= 0.6 is 0 Å². The first-order valence-corrected chi connectivity index (χ1v) is 5.60. The summed E-state index contributed by atoms with van der Waals surface area (Å²) in [4.78, 5) is 20.2. The first-order valence-electron chi connectivity index (χ1n) is 4.24. The van der Waals surface area contributed by atoms with Crippen molar-refractivity contribution in [1.82, 2.24) is 0 Å². The molecule has 0 radical (unpaired) electrons. The molecule has 17 heavy (non-hydrogen) atoms. The van der Waals surface area contributed by atoms with Crippen LogP contribution in [-0.4, -0.2) is 47.6 Å². The van der Waals surface area contributed by atoms with E-state index in [9.17, 15) is 18.0 Å². The average Bonchev–Trinajstić information content (AvgIpc) is 2.14. The van der Waals surface area contributed by atoms with Gasteiger partial charge in [-0.2, -0.15) is 8.42 Å². The van der Waals surface area contributed by atoms with Gasteiger partial charge in [-0.1, -0.05) is 6.08 Å². The Hall–Kier alpha value is -1.29. The summed E-state index contributed by atoms with van der Waals surface area (Å²) in [6.07, 6.45) is 0.270. The summed E-state index contributed by atoms with van der Waals surface area (Å²) in [5.41, 5.74) is 0. The van der Waals surface area contributed by atoms with Gasteiger partial charge in [0.2, 0.25) is 0 Å². The Labute approximate surface area is 98.5 Å². The third-order valence-corrected chi connectivity index (χ3v) is 1.56. The van der Waals surface area contributed by atoms with Crippen LogP contribution in [0, 0.1) is 0 Å². The van der Waals surface area contributed by atoms with Gasteiger partial charge >= 0.3 is 16.4 Å². The van der Waals surface area contributed by atoms with Crippen molar-refractivity contribution in [2.75, 3.05) is 6.61 Å². The molecule has 0 heterocycles. The summed E-state index contributed by atoms with van der Waals surface area (Å²) in [7, 11) is -4.57. The lowest BCUT2D eigenvalue weighted by Gasteiger charge is -2.01. The lowest BCUT2D eigenvalue weighted by molar-refractivity contribution is -0.132. The second-order valence-corrected chi connectivity index (χ2v) is 3.68. The summed E-state index contributed by atoms with van der Waals surface area (Å²) in [6.45, 7) is 3.67. The molecular formula is C8H14O8S.